The van der Waals surface area contributed by atoms with Gasteiger partial charge in [-0.2, -0.15) is 0 Å². The van der Waals surface area contributed by atoms with E-state index in [1.807, 2.05) is 0 Å². The van der Waals surface area contributed by atoms with Gasteiger partial charge in [-0.3, -0.25) is 14.6 Å². The predicted octanol–water partition coefficient (Wildman–Crippen LogP) is 5.96. The Morgan fingerprint density at radius 2 is 1.38 bits per heavy atom. The standard InChI is InChI=1S/C35H49Cl2N3O5/c1-6-23-21-39-11-7-24-17-31(42-2)33(44-4)19-27(24)29(39)15-26(23)16-30-28-20-34(45-5)32(43-3)18-25(28)8-12-40(30)35(41)22-38(13-9-36)14-10-37/h17-20,23,26,29-30H,6-16,21-22H2,1-5H3/t23-,26+,29-,30-/m1/s1. The third-order valence-electron chi connectivity index (χ3n) is 10.3. The average Bonchev–Trinajstić information content (AvgIpc) is 3.06. The van der Waals surface area contributed by atoms with Crippen LogP contribution in [0.2, 0.25) is 0 Å². The van der Waals surface area contributed by atoms with Crippen LogP contribution in [0, 0.1) is 11.8 Å². The Kier molecular flexibility index (Phi) is 11.7. The van der Waals surface area contributed by atoms with Gasteiger partial charge in [-0.1, -0.05) is 13.3 Å². The molecule has 0 aliphatic carbocycles. The van der Waals surface area contributed by atoms with Gasteiger partial charge in [0.2, 0.25) is 5.91 Å². The summed E-state index contributed by atoms with van der Waals surface area (Å²) in [6.45, 7) is 6.65. The molecule has 1 fully saturated rings. The number of hydrogen-bond donors (Lipinski definition) is 0. The molecule has 0 N–H and O–H groups in total. The number of benzene rings is 2. The topological polar surface area (TPSA) is 63.7 Å². The molecule has 248 valence electrons. The Balaban J connectivity index is 1.49. The van der Waals surface area contributed by atoms with Gasteiger partial charge < -0.3 is 23.8 Å². The quantitative estimate of drug-likeness (QED) is 0.246. The number of fused-ring (bicyclic) bond motifs is 4. The minimum atomic E-state index is -0.0611. The lowest BCUT2D eigenvalue weighted by Crippen LogP contribution is -2.49. The summed E-state index contributed by atoms with van der Waals surface area (Å²) >= 11 is 12.2. The van der Waals surface area contributed by atoms with Crippen LogP contribution in [0.3, 0.4) is 0 Å². The molecule has 3 aliphatic rings. The summed E-state index contributed by atoms with van der Waals surface area (Å²) in [6, 6.07) is 8.82. The molecule has 0 aromatic heterocycles. The highest BCUT2D eigenvalue weighted by atomic mass is 35.5. The molecule has 5 rings (SSSR count). The van der Waals surface area contributed by atoms with Crippen LogP contribution in [-0.4, -0.2) is 100 Å². The maximum absolute atomic E-state index is 14.1. The molecular formula is C35H49Cl2N3O5. The first-order valence-electron chi connectivity index (χ1n) is 16.3. The van der Waals surface area contributed by atoms with E-state index < -0.39 is 0 Å². The van der Waals surface area contributed by atoms with E-state index in [4.69, 9.17) is 42.1 Å². The minimum Gasteiger partial charge on any atom is -0.493 e. The molecule has 8 nitrogen and oxygen atoms in total. The lowest BCUT2D eigenvalue weighted by molar-refractivity contribution is -0.136. The van der Waals surface area contributed by atoms with E-state index in [1.54, 1.807) is 28.4 Å². The molecule has 2 aromatic rings. The largest absolute Gasteiger partial charge is 0.493 e. The second kappa shape index (κ2) is 15.5. The van der Waals surface area contributed by atoms with Crippen LogP contribution < -0.4 is 18.9 Å². The van der Waals surface area contributed by atoms with Crippen molar-refractivity contribution >= 4 is 29.1 Å². The van der Waals surface area contributed by atoms with Crippen LogP contribution in [0.15, 0.2) is 24.3 Å². The van der Waals surface area contributed by atoms with E-state index in [1.165, 1.54) is 22.3 Å². The maximum atomic E-state index is 14.1. The molecule has 0 bridgehead atoms. The third kappa shape index (κ3) is 7.14. The number of rotatable bonds is 13. The van der Waals surface area contributed by atoms with Crippen molar-refractivity contribution in [2.45, 2.75) is 51.1 Å². The SMILES string of the molecule is CC[C@@H]1CN2CCc3cc(OC)c(OC)cc3[C@H]2C[C@H]1C[C@@H]1c2cc(OC)c(OC)cc2CCN1C(=O)CN(CCCl)CCCl. The number of piperidine rings is 1. The number of alkyl halides is 2. The van der Waals surface area contributed by atoms with E-state index in [0.29, 0.717) is 61.6 Å². The summed E-state index contributed by atoms with van der Waals surface area (Å²) in [5.41, 5.74) is 5.09. The lowest BCUT2D eigenvalue weighted by Gasteiger charge is -2.49. The van der Waals surface area contributed by atoms with Crippen LogP contribution in [0.4, 0.5) is 0 Å². The number of methoxy groups -OCH3 is 4. The van der Waals surface area contributed by atoms with E-state index in [0.717, 1.165) is 62.4 Å². The first-order valence-corrected chi connectivity index (χ1v) is 17.3. The van der Waals surface area contributed by atoms with Crippen molar-refractivity contribution in [1.82, 2.24) is 14.7 Å². The average molecular weight is 663 g/mol. The minimum absolute atomic E-state index is 0.0611. The highest BCUT2D eigenvalue weighted by Crippen LogP contribution is 2.49. The molecule has 0 radical (unpaired) electrons. The van der Waals surface area contributed by atoms with Crippen LogP contribution in [0.25, 0.3) is 0 Å². The van der Waals surface area contributed by atoms with Crippen molar-refractivity contribution in [3.63, 3.8) is 0 Å². The van der Waals surface area contributed by atoms with Crippen molar-refractivity contribution in [3.8, 4) is 23.0 Å². The van der Waals surface area contributed by atoms with Gasteiger partial charge in [0.05, 0.1) is 41.0 Å². The van der Waals surface area contributed by atoms with E-state index in [9.17, 15) is 4.79 Å². The third-order valence-corrected chi connectivity index (χ3v) is 10.6. The molecule has 1 saturated heterocycles. The molecule has 0 saturated carbocycles. The summed E-state index contributed by atoms with van der Waals surface area (Å²) in [7, 11) is 6.76. The van der Waals surface area contributed by atoms with E-state index >= 15 is 0 Å². The molecule has 1 amide bonds. The molecular weight excluding hydrogens is 613 g/mol. The fraction of sp³-hybridized carbons (Fsp3) is 0.629. The van der Waals surface area contributed by atoms with Crippen LogP contribution in [-0.2, 0) is 17.6 Å². The fourth-order valence-electron chi connectivity index (χ4n) is 7.91. The molecule has 10 heteroatoms. The van der Waals surface area contributed by atoms with Crippen molar-refractivity contribution < 1.29 is 23.7 Å². The molecule has 0 spiro atoms. The second-order valence-electron chi connectivity index (χ2n) is 12.5. The van der Waals surface area contributed by atoms with Crippen molar-refractivity contribution in [2.75, 3.05) is 79.5 Å². The van der Waals surface area contributed by atoms with Crippen LogP contribution in [0.1, 0.15) is 60.5 Å². The lowest BCUT2D eigenvalue weighted by atomic mass is 9.72. The number of halogens is 2. The van der Waals surface area contributed by atoms with Crippen molar-refractivity contribution in [3.05, 3.63) is 46.5 Å². The van der Waals surface area contributed by atoms with E-state index in [2.05, 4.69) is 45.9 Å². The number of ether oxygens (including phenoxy) is 4. The van der Waals surface area contributed by atoms with Crippen molar-refractivity contribution in [2.24, 2.45) is 11.8 Å². The highest BCUT2D eigenvalue weighted by molar-refractivity contribution is 6.18. The molecule has 0 unspecified atom stereocenters. The maximum Gasteiger partial charge on any atom is 0.237 e. The summed E-state index contributed by atoms with van der Waals surface area (Å²) in [5, 5.41) is 0. The zero-order valence-corrected chi connectivity index (χ0v) is 29.0. The first kappa shape index (κ1) is 34.0. The number of carbonyl (C=O) groups excluding carboxylic acids is 1. The van der Waals surface area contributed by atoms with Gasteiger partial charge in [0, 0.05) is 50.5 Å². The number of carbonyl (C=O) groups is 1. The smallest absolute Gasteiger partial charge is 0.237 e. The number of amides is 1. The first-order chi connectivity index (χ1) is 21.9. The number of hydrogen-bond acceptors (Lipinski definition) is 7. The molecule has 45 heavy (non-hydrogen) atoms. The Bertz CT molecular complexity index is 1320. The fourth-order valence-corrected chi connectivity index (χ4v) is 8.39. The van der Waals surface area contributed by atoms with E-state index in [-0.39, 0.29) is 11.9 Å². The van der Waals surface area contributed by atoms with Gasteiger partial charge in [0.1, 0.15) is 0 Å². The van der Waals surface area contributed by atoms with Gasteiger partial charge in [-0.25, -0.2) is 0 Å². The normalized spacial score (nSPS) is 22.8. The summed E-state index contributed by atoms with van der Waals surface area (Å²) in [5.74, 6) is 5.02. The zero-order valence-electron chi connectivity index (χ0n) is 27.5. The Morgan fingerprint density at radius 1 is 0.822 bits per heavy atom. The highest BCUT2D eigenvalue weighted by Gasteiger charge is 2.42. The van der Waals surface area contributed by atoms with Gasteiger partial charge in [-0.15, -0.1) is 23.2 Å². The Labute approximate surface area is 278 Å². The van der Waals surface area contributed by atoms with Gasteiger partial charge in [-0.05, 0) is 84.0 Å². The van der Waals surface area contributed by atoms with Gasteiger partial charge in [0.15, 0.2) is 23.0 Å². The monoisotopic (exact) mass is 661 g/mol. The summed E-state index contributed by atoms with van der Waals surface area (Å²) in [6.07, 6.45) is 4.81. The predicted molar refractivity (Wildman–Crippen MR) is 180 cm³/mol. The second-order valence-corrected chi connectivity index (χ2v) is 13.2. The molecule has 2 aromatic carbocycles. The van der Waals surface area contributed by atoms with Crippen LogP contribution >= 0.6 is 23.2 Å². The van der Waals surface area contributed by atoms with Gasteiger partial charge >= 0.3 is 0 Å². The molecule has 3 aliphatic heterocycles. The Morgan fingerprint density at radius 3 is 1.96 bits per heavy atom. The van der Waals surface area contributed by atoms with Crippen LogP contribution in [0.5, 0.6) is 23.0 Å². The van der Waals surface area contributed by atoms with Gasteiger partial charge in [0.25, 0.3) is 0 Å². The number of nitrogens with zero attached hydrogens (tertiary/aromatic N) is 3. The molecule has 4 atom stereocenters. The molecule has 3 heterocycles. The zero-order chi connectivity index (χ0) is 32.1. The summed E-state index contributed by atoms with van der Waals surface area (Å²) < 4.78 is 22.8. The Hall–Kier alpha value is -2.39. The summed E-state index contributed by atoms with van der Waals surface area (Å²) in [4.78, 5) is 20.9. The van der Waals surface area contributed by atoms with Crippen molar-refractivity contribution in [1.29, 1.82) is 0 Å².